The van der Waals surface area contributed by atoms with Gasteiger partial charge in [-0.25, -0.2) is 5.43 Å². The molecule has 0 atom stereocenters. The Labute approximate surface area is 126 Å². The van der Waals surface area contributed by atoms with Crippen LogP contribution in [0.4, 0.5) is 0 Å². The highest BCUT2D eigenvalue weighted by Crippen LogP contribution is 2.27. The second-order valence-corrected chi connectivity index (χ2v) is 4.54. The van der Waals surface area contributed by atoms with Crippen LogP contribution in [-0.2, 0) is 0 Å². The van der Waals surface area contributed by atoms with Gasteiger partial charge in [0.25, 0.3) is 5.91 Å². The summed E-state index contributed by atoms with van der Waals surface area (Å²) in [6.45, 7) is 0. The third-order valence-corrected chi connectivity index (χ3v) is 2.94. The molecule has 0 saturated carbocycles. The van der Waals surface area contributed by atoms with Crippen LogP contribution < -0.4 is 10.2 Å². The second kappa shape index (κ2) is 6.76. The van der Waals surface area contributed by atoms with E-state index in [0.717, 1.165) is 0 Å². The molecule has 2 N–H and O–H groups in total. The number of phenols is 1. The number of phenolic OH excluding ortho intramolecular Hbond substituents is 1. The average molecular weight is 305 g/mol. The number of aromatic hydroxyl groups is 1. The fourth-order valence-corrected chi connectivity index (χ4v) is 1.85. The smallest absolute Gasteiger partial charge is 0.271 e. The van der Waals surface area contributed by atoms with Crippen molar-refractivity contribution in [3.8, 4) is 11.5 Å². The Morgan fingerprint density at radius 3 is 2.81 bits per heavy atom. The van der Waals surface area contributed by atoms with Gasteiger partial charge in [0.05, 0.1) is 13.3 Å². The normalized spacial score (nSPS) is 10.6. The molecule has 0 unspecified atom stereocenters. The molecular formula is C15H13ClN2O3. The molecule has 0 saturated heterocycles. The quantitative estimate of drug-likeness (QED) is 0.674. The first kappa shape index (κ1) is 14.9. The number of methoxy groups -OCH3 is 1. The molecule has 0 aliphatic heterocycles. The van der Waals surface area contributed by atoms with Gasteiger partial charge in [-0.1, -0.05) is 23.7 Å². The van der Waals surface area contributed by atoms with Gasteiger partial charge in [-0.2, -0.15) is 5.10 Å². The summed E-state index contributed by atoms with van der Waals surface area (Å²) in [5.41, 5.74) is 3.19. The summed E-state index contributed by atoms with van der Waals surface area (Å²) in [6.07, 6.45) is 1.33. The van der Waals surface area contributed by atoms with E-state index in [1.165, 1.54) is 19.4 Å². The predicted octanol–water partition coefficient (Wildman–Crippen LogP) is 2.82. The molecule has 0 aliphatic carbocycles. The summed E-state index contributed by atoms with van der Waals surface area (Å²) in [5, 5.41) is 14.1. The van der Waals surface area contributed by atoms with Crippen LogP contribution in [0, 0.1) is 0 Å². The summed E-state index contributed by atoms with van der Waals surface area (Å²) in [4.78, 5) is 11.8. The van der Waals surface area contributed by atoms with Gasteiger partial charge in [0, 0.05) is 16.1 Å². The lowest BCUT2D eigenvalue weighted by Crippen LogP contribution is -2.17. The van der Waals surface area contributed by atoms with Crippen LogP contribution >= 0.6 is 11.6 Å². The van der Waals surface area contributed by atoms with Crippen LogP contribution in [0.1, 0.15) is 15.9 Å². The Kier molecular flexibility index (Phi) is 4.79. The number of carbonyl (C=O) groups excluding carboxylic acids is 1. The van der Waals surface area contributed by atoms with Crippen molar-refractivity contribution in [2.24, 2.45) is 5.10 Å². The molecule has 108 valence electrons. The third kappa shape index (κ3) is 3.73. The molecule has 0 spiro atoms. The predicted molar refractivity (Wildman–Crippen MR) is 81.2 cm³/mol. The maximum Gasteiger partial charge on any atom is 0.271 e. The molecule has 0 bridgehead atoms. The molecule has 1 amide bonds. The lowest BCUT2D eigenvalue weighted by molar-refractivity contribution is 0.0955. The molecule has 2 aromatic carbocycles. The number of rotatable bonds is 4. The lowest BCUT2D eigenvalue weighted by Gasteiger charge is -2.05. The molecule has 0 radical (unpaired) electrons. The van der Waals surface area contributed by atoms with Crippen LogP contribution in [0.3, 0.4) is 0 Å². The van der Waals surface area contributed by atoms with Crippen molar-refractivity contribution in [3.63, 3.8) is 0 Å². The van der Waals surface area contributed by atoms with Crippen molar-refractivity contribution < 1.29 is 14.6 Å². The topological polar surface area (TPSA) is 70.9 Å². The SMILES string of the molecule is COc1cccc(C=NNC(=O)c2cccc(Cl)c2)c1O. The van der Waals surface area contributed by atoms with Crippen LogP contribution in [0.25, 0.3) is 0 Å². The zero-order valence-corrected chi connectivity index (χ0v) is 12.0. The highest BCUT2D eigenvalue weighted by Gasteiger charge is 2.06. The zero-order valence-electron chi connectivity index (χ0n) is 11.2. The van der Waals surface area contributed by atoms with Crippen molar-refractivity contribution in [1.82, 2.24) is 5.43 Å². The fraction of sp³-hybridized carbons (Fsp3) is 0.0667. The van der Waals surface area contributed by atoms with Crippen molar-refractivity contribution >= 4 is 23.7 Å². The van der Waals surface area contributed by atoms with E-state index in [2.05, 4.69) is 10.5 Å². The number of amides is 1. The van der Waals surface area contributed by atoms with E-state index in [1.807, 2.05) is 0 Å². The number of hydrogen-bond acceptors (Lipinski definition) is 4. The monoisotopic (exact) mass is 304 g/mol. The van der Waals surface area contributed by atoms with Crippen molar-refractivity contribution in [1.29, 1.82) is 0 Å². The molecule has 5 nitrogen and oxygen atoms in total. The molecule has 2 rings (SSSR count). The lowest BCUT2D eigenvalue weighted by atomic mass is 10.2. The van der Waals surface area contributed by atoms with Gasteiger partial charge < -0.3 is 9.84 Å². The summed E-state index contributed by atoms with van der Waals surface area (Å²) in [5.74, 6) is -0.1000. The van der Waals surface area contributed by atoms with Crippen LogP contribution in [0.5, 0.6) is 11.5 Å². The Balaban J connectivity index is 2.07. The van der Waals surface area contributed by atoms with Crippen molar-refractivity contribution in [2.75, 3.05) is 7.11 Å². The first-order valence-electron chi connectivity index (χ1n) is 6.06. The van der Waals surface area contributed by atoms with E-state index in [4.69, 9.17) is 16.3 Å². The second-order valence-electron chi connectivity index (χ2n) is 4.11. The van der Waals surface area contributed by atoms with Gasteiger partial charge in [-0.15, -0.1) is 0 Å². The molecule has 0 heterocycles. The molecule has 0 aromatic heterocycles. The van der Waals surface area contributed by atoms with Gasteiger partial charge in [0.1, 0.15) is 0 Å². The number of nitrogens with one attached hydrogen (secondary N) is 1. The standard InChI is InChI=1S/C15H13ClN2O3/c1-21-13-7-3-5-11(14(13)19)9-17-18-15(20)10-4-2-6-12(16)8-10/h2-9,19H,1H3,(H,18,20). The van der Waals surface area contributed by atoms with E-state index in [9.17, 15) is 9.90 Å². The fourth-order valence-electron chi connectivity index (χ4n) is 1.66. The van der Waals surface area contributed by atoms with Gasteiger partial charge in [0.15, 0.2) is 11.5 Å². The summed E-state index contributed by atoms with van der Waals surface area (Å²) < 4.78 is 4.98. The maximum absolute atomic E-state index is 11.8. The van der Waals surface area contributed by atoms with Gasteiger partial charge in [-0.3, -0.25) is 4.79 Å². The molecule has 0 fully saturated rings. The summed E-state index contributed by atoms with van der Waals surface area (Å²) >= 11 is 5.81. The first-order chi connectivity index (χ1) is 10.1. The number of hydrogen-bond donors (Lipinski definition) is 2. The van der Waals surface area contributed by atoms with Crippen LogP contribution in [0.2, 0.25) is 5.02 Å². The number of benzene rings is 2. The minimum atomic E-state index is -0.392. The van der Waals surface area contributed by atoms with Crippen LogP contribution in [0.15, 0.2) is 47.6 Å². The number of carbonyl (C=O) groups is 1. The summed E-state index contributed by atoms with van der Waals surface area (Å²) in [7, 11) is 1.46. The number of hydrazone groups is 1. The Morgan fingerprint density at radius 2 is 2.10 bits per heavy atom. The number of ether oxygens (including phenoxy) is 1. The highest BCUT2D eigenvalue weighted by molar-refractivity contribution is 6.30. The third-order valence-electron chi connectivity index (χ3n) is 2.71. The average Bonchev–Trinajstić information content (AvgIpc) is 2.49. The molecular weight excluding hydrogens is 292 g/mol. The van der Waals surface area contributed by atoms with Crippen LogP contribution in [-0.4, -0.2) is 24.3 Å². The van der Waals surface area contributed by atoms with Gasteiger partial charge in [-0.05, 0) is 30.3 Å². The Morgan fingerprint density at radius 1 is 1.33 bits per heavy atom. The van der Waals surface area contributed by atoms with Gasteiger partial charge >= 0.3 is 0 Å². The van der Waals surface area contributed by atoms with E-state index < -0.39 is 5.91 Å². The molecule has 6 heteroatoms. The Hall–Kier alpha value is -2.53. The zero-order chi connectivity index (χ0) is 15.2. The molecule has 2 aromatic rings. The maximum atomic E-state index is 11.8. The molecule has 0 aliphatic rings. The van der Waals surface area contributed by atoms with Crippen molar-refractivity contribution in [3.05, 3.63) is 58.6 Å². The first-order valence-corrected chi connectivity index (χ1v) is 6.44. The van der Waals surface area contributed by atoms with Crippen molar-refractivity contribution in [2.45, 2.75) is 0 Å². The highest BCUT2D eigenvalue weighted by atomic mass is 35.5. The number of nitrogens with zero attached hydrogens (tertiary/aromatic N) is 1. The van der Waals surface area contributed by atoms with E-state index in [-0.39, 0.29) is 5.75 Å². The number of halogens is 1. The van der Waals surface area contributed by atoms with Gasteiger partial charge in [0.2, 0.25) is 0 Å². The summed E-state index contributed by atoms with van der Waals surface area (Å²) in [6, 6.07) is 11.5. The number of para-hydroxylation sites is 1. The largest absolute Gasteiger partial charge is 0.504 e. The van der Waals surface area contributed by atoms with E-state index in [0.29, 0.717) is 21.9 Å². The minimum Gasteiger partial charge on any atom is -0.504 e. The minimum absolute atomic E-state index is 0.0410. The van der Waals surface area contributed by atoms with E-state index in [1.54, 1.807) is 36.4 Å². The van der Waals surface area contributed by atoms with E-state index >= 15 is 0 Å². The Bertz CT molecular complexity index is 686. The molecule has 21 heavy (non-hydrogen) atoms.